The van der Waals surface area contributed by atoms with Crippen LogP contribution in [0.15, 0.2) is 30.6 Å². The quantitative estimate of drug-likeness (QED) is 0.843. The van der Waals surface area contributed by atoms with Crippen molar-refractivity contribution in [2.45, 2.75) is 32.5 Å². The van der Waals surface area contributed by atoms with Crippen LogP contribution < -0.4 is 0 Å². The summed E-state index contributed by atoms with van der Waals surface area (Å²) in [5, 5.41) is 4.71. The molecule has 0 aromatic carbocycles. The fraction of sp³-hybridized carbons (Fsp3) is 0.500. The lowest BCUT2D eigenvalue weighted by molar-refractivity contribution is 0.134. The van der Waals surface area contributed by atoms with E-state index in [1.54, 1.807) is 7.11 Å². The average molecular weight is 286 g/mol. The predicted octanol–water partition coefficient (Wildman–Crippen LogP) is 2.04. The van der Waals surface area contributed by atoms with Gasteiger partial charge in [-0.15, -0.1) is 0 Å². The minimum Gasteiger partial charge on any atom is -0.384 e. The Morgan fingerprint density at radius 3 is 3.00 bits per heavy atom. The number of hydrogen-bond acceptors (Lipinski definition) is 4. The number of rotatable bonds is 5. The van der Waals surface area contributed by atoms with E-state index >= 15 is 0 Å². The molecule has 112 valence electrons. The lowest BCUT2D eigenvalue weighted by atomic mass is 9.97. The molecule has 0 spiro atoms. The Bertz CT molecular complexity index is 581. The van der Waals surface area contributed by atoms with Gasteiger partial charge in [-0.05, 0) is 19.1 Å². The molecule has 1 aliphatic rings. The Morgan fingerprint density at radius 1 is 1.38 bits per heavy atom. The van der Waals surface area contributed by atoms with Crippen LogP contribution in [0.2, 0.25) is 0 Å². The van der Waals surface area contributed by atoms with Gasteiger partial charge in [-0.2, -0.15) is 5.10 Å². The summed E-state index contributed by atoms with van der Waals surface area (Å²) in [5.41, 5.74) is 3.64. The summed E-state index contributed by atoms with van der Waals surface area (Å²) in [6, 6.07) is 6.08. The number of ether oxygens (including phenoxy) is 1. The molecular formula is C16H22N4O. The maximum Gasteiger partial charge on any atom is 0.0736 e. The third kappa shape index (κ3) is 3.14. The lowest BCUT2D eigenvalue weighted by Gasteiger charge is -2.31. The van der Waals surface area contributed by atoms with Gasteiger partial charge in [0.25, 0.3) is 0 Å². The van der Waals surface area contributed by atoms with Gasteiger partial charge in [-0.1, -0.05) is 6.07 Å². The first-order valence-electron chi connectivity index (χ1n) is 7.47. The van der Waals surface area contributed by atoms with Crippen molar-refractivity contribution in [2.24, 2.45) is 0 Å². The summed E-state index contributed by atoms with van der Waals surface area (Å²) in [6.45, 7) is 6.52. The molecule has 2 aromatic rings. The number of methoxy groups -OCH3 is 1. The van der Waals surface area contributed by atoms with Gasteiger partial charge < -0.3 is 4.74 Å². The van der Waals surface area contributed by atoms with Gasteiger partial charge in [-0.3, -0.25) is 14.6 Å². The van der Waals surface area contributed by atoms with Crippen molar-refractivity contribution in [1.82, 2.24) is 19.7 Å². The zero-order valence-corrected chi connectivity index (χ0v) is 12.7. The van der Waals surface area contributed by atoms with Crippen LogP contribution >= 0.6 is 0 Å². The summed E-state index contributed by atoms with van der Waals surface area (Å²) < 4.78 is 7.41. The van der Waals surface area contributed by atoms with E-state index in [0.29, 0.717) is 12.5 Å². The summed E-state index contributed by atoms with van der Waals surface area (Å²) in [6.07, 6.45) is 4.02. The fourth-order valence-corrected chi connectivity index (χ4v) is 2.98. The van der Waals surface area contributed by atoms with Crippen LogP contribution in [-0.2, 0) is 24.4 Å². The van der Waals surface area contributed by atoms with Crippen LogP contribution in [0.4, 0.5) is 0 Å². The molecule has 0 aliphatic carbocycles. The normalized spacial score (nSPS) is 18.7. The average Bonchev–Trinajstić information content (AvgIpc) is 2.92. The van der Waals surface area contributed by atoms with E-state index in [-0.39, 0.29) is 0 Å². The van der Waals surface area contributed by atoms with Crippen molar-refractivity contribution in [3.05, 3.63) is 47.5 Å². The van der Waals surface area contributed by atoms with Gasteiger partial charge in [0.2, 0.25) is 0 Å². The monoisotopic (exact) mass is 286 g/mol. The Morgan fingerprint density at radius 2 is 2.29 bits per heavy atom. The first-order chi connectivity index (χ1) is 10.3. The van der Waals surface area contributed by atoms with Gasteiger partial charge >= 0.3 is 0 Å². The topological polar surface area (TPSA) is 43.2 Å². The van der Waals surface area contributed by atoms with E-state index in [1.165, 1.54) is 11.3 Å². The SMILES string of the molecule is CCn1cc2c(n1)[C@H](COC)CN(Cc1ccccn1)C2. The highest BCUT2D eigenvalue weighted by Gasteiger charge is 2.28. The fourth-order valence-electron chi connectivity index (χ4n) is 2.98. The highest BCUT2D eigenvalue weighted by Crippen LogP contribution is 2.28. The van der Waals surface area contributed by atoms with E-state index in [2.05, 4.69) is 29.1 Å². The zero-order chi connectivity index (χ0) is 14.7. The van der Waals surface area contributed by atoms with E-state index < -0.39 is 0 Å². The number of aromatic nitrogens is 3. The summed E-state index contributed by atoms with van der Waals surface area (Å²) in [7, 11) is 1.76. The van der Waals surface area contributed by atoms with Crippen molar-refractivity contribution in [2.75, 3.05) is 20.3 Å². The molecule has 0 saturated carbocycles. The molecule has 0 saturated heterocycles. The predicted molar refractivity (Wildman–Crippen MR) is 80.9 cm³/mol. The molecule has 21 heavy (non-hydrogen) atoms. The highest BCUT2D eigenvalue weighted by molar-refractivity contribution is 5.25. The number of aryl methyl sites for hydroxylation is 1. The van der Waals surface area contributed by atoms with Gasteiger partial charge in [-0.25, -0.2) is 0 Å². The van der Waals surface area contributed by atoms with Crippen LogP contribution in [0.3, 0.4) is 0 Å². The van der Waals surface area contributed by atoms with E-state index in [4.69, 9.17) is 9.84 Å². The van der Waals surface area contributed by atoms with Crippen LogP contribution in [0.25, 0.3) is 0 Å². The van der Waals surface area contributed by atoms with Crippen molar-refractivity contribution in [3.8, 4) is 0 Å². The van der Waals surface area contributed by atoms with Crippen LogP contribution in [-0.4, -0.2) is 39.9 Å². The maximum absolute atomic E-state index is 5.39. The summed E-state index contributed by atoms with van der Waals surface area (Å²) >= 11 is 0. The Kier molecular flexibility index (Phi) is 4.31. The number of nitrogens with zero attached hydrogens (tertiary/aromatic N) is 4. The number of fused-ring (bicyclic) bond motifs is 1. The smallest absolute Gasteiger partial charge is 0.0736 e. The molecule has 5 nitrogen and oxygen atoms in total. The summed E-state index contributed by atoms with van der Waals surface area (Å²) in [4.78, 5) is 6.85. The van der Waals surface area contributed by atoms with E-state index in [0.717, 1.165) is 31.9 Å². The van der Waals surface area contributed by atoms with E-state index in [1.807, 2.05) is 23.0 Å². The number of pyridine rings is 1. The minimum atomic E-state index is 0.343. The summed E-state index contributed by atoms with van der Waals surface area (Å²) in [5.74, 6) is 0.343. The molecule has 0 N–H and O–H groups in total. The van der Waals surface area contributed by atoms with Crippen LogP contribution in [0.5, 0.6) is 0 Å². The molecule has 2 aromatic heterocycles. The van der Waals surface area contributed by atoms with E-state index in [9.17, 15) is 0 Å². The van der Waals surface area contributed by atoms with Gasteiger partial charge in [0, 0.05) is 57.2 Å². The molecular weight excluding hydrogens is 264 g/mol. The highest BCUT2D eigenvalue weighted by atomic mass is 16.5. The third-order valence-corrected chi connectivity index (χ3v) is 3.93. The van der Waals surface area contributed by atoms with Crippen molar-refractivity contribution < 1.29 is 4.74 Å². The second kappa shape index (κ2) is 6.37. The molecule has 1 atom stereocenters. The standard InChI is InChI=1S/C16H22N4O/c1-3-20-10-13-8-19(11-15-6-4-5-7-17-15)9-14(12-21-2)16(13)18-20/h4-7,10,14H,3,8-9,11-12H2,1-2H3/t14-/m0/s1. The van der Waals surface area contributed by atoms with Crippen LogP contribution in [0.1, 0.15) is 29.8 Å². The molecule has 3 rings (SSSR count). The van der Waals surface area contributed by atoms with Gasteiger partial charge in [0.05, 0.1) is 18.0 Å². The molecule has 3 heterocycles. The first-order valence-corrected chi connectivity index (χ1v) is 7.47. The Hall–Kier alpha value is -1.72. The molecule has 0 bridgehead atoms. The zero-order valence-electron chi connectivity index (χ0n) is 12.7. The number of hydrogen-bond donors (Lipinski definition) is 0. The molecule has 0 amide bonds. The third-order valence-electron chi connectivity index (χ3n) is 3.93. The Labute approximate surface area is 125 Å². The molecule has 1 aliphatic heterocycles. The van der Waals surface area contributed by atoms with Crippen molar-refractivity contribution in [1.29, 1.82) is 0 Å². The largest absolute Gasteiger partial charge is 0.384 e. The molecule has 0 radical (unpaired) electrons. The second-order valence-electron chi connectivity index (χ2n) is 5.54. The van der Waals surface area contributed by atoms with Crippen molar-refractivity contribution in [3.63, 3.8) is 0 Å². The lowest BCUT2D eigenvalue weighted by Crippen LogP contribution is -2.34. The Balaban J connectivity index is 1.79. The molecule has 0 unspecified atom stereocenters. The maximum atomic E-state index is 5.39. The second-order valence-corrected chi connectivity index (χ2v) is 5.54. The van der Waals surface area contributed by atoms with Crippen molar-refractivity contribution >= 4 is 0 Å². The minimum absolute atomic E-state index is 0.343. The first kappa shape index (κ1) is 14.2. The molecule has 5 heteroatoms. The van der Waals surface area contributed by atoms with Gasteiger partial charge in [0.1, 0.15) is 0 Å². The van der Waals surface area contributed by atoms with Crippen LogP contribution in [0, 0.1) is 0 Å². The van der Waals surface area contributed by atoms with Gasteiger partial charge in [0.15, 0.2) is 0 Å². The molecule has 0 fully saturated rings.